The van der Waals surface area contributed by atoms with E-state index in [9.17, 15) is 13.6 Å². The van der Waals surface area contributed by atoms with Gasteiger partial charge in [-0.05, 0) is 48.5 Å². The minimum absolute atomic E-state index is 0.0957. The Morgan fingerprint density at radius 2 is 2.08 bits per heavy atom. The van der Waals surface area contributed by atoms with E-state index in [0.29, 0.717) is 28.5 Å². The van der Waals surface area contributed by atoms with Gasteiger partial charge < -0.3 is 9.88 Å². The Labute approximate surface area is 155 Å². The molecule has 0 saturated carbocycles. The third kappa shape index (κ3) is 4.19. The van der Waals surface area contributed by atoms with E-state index in [0.717, 1.165) is 10.0 Å². The zero-order valence-corrected chi connectivity index (χ0v) is 15.6. The number of hydrogen-bond acceptors (Lipinski definition) is 3. The molecule has 0 radical (unpaired) electrons. The van der Waals surface area contributed by atoms with Crippen molar-refractivity contribution in [3.05, 3.63) is 52.5 Å². The van der Waals surface area contributed by atoms with Crippen molar-refractivity contribution in [2.75, 3.05) is 5.32 Å². The summed E-state index contributed by atoms with van der Waals surface area (Å²) in [5.41, 5.74) is 2.81. The van der Waals surface area contributed by atoms with E-state index in [4.69, 9.17) is 0 Å². The van der Waals surface area contributed by atoms with E-state index >= 15 is 0 Å². The van der Waals surface area contributed by atoms with E-state index in [2.05, 4.69) is 26.2 Å². The van der Waals surface area contributed by atoms with Crippen LogP contribution in [0.15, 0.2) is 52.1 Å². The number of imidazole rings is 1. The Bertz CT molecular complexity index is 929. The molecular weight excluding hydrogens is 412 g/mol. The monoisotopic (exact) mass is 425 g/mol. The fourth-order valence-corrected chi connectivity index (χ4v) is 3.40. The lowest BCUT2D eigenvalue weighted by molar-refractivity contribution is -0.116. The molecule has 0 fully saturated rings. The van der Waals surface area contributed by atoms with Crippen LogP contribution in [0.4, 0.5) is 14.5 Å². The highest BCUT2D eigenvalue weighted by Gasteiger charge is 2.18. The molecule has 4 nitrogen and oxygen atoms in total. The summed E-state index contributed by atoms with van der Waals surface area (Å²) in [5, 5.41) is 2.94. The van der Waals surface area contributed by atoms with Crippen molar-refractivity contribution >= 4 is 50.3 Å². The molecule has 1 amide bonds. The van der Waals surface area contributed by atoms with Crippen LogP contribution in [0.25, 0.3) is 11.0 Å². The Hall–Kier alpha value is -1.93. The van der Waals surface area contributed by atoms with E-state index in [1.54, 1.807) is 30.3 Å². The average molecular weight is 426 g/mol. The second-order valence-electron chi connectivity index (χ2n) is 5.36. The number of carbonyl (C=O) groups is 1. The van der Waals surface area contributed by atoms with Gasteiger partial charge in [0, 0.05) is 10.2 Å². The van der Waals surface area contributed by atoms with Gasteiger partial charge in [0.25, 0.3) is 5.76 Å². The van der Waals surface area contributed by atoms with Gasteiger partial charge in [-0.15, -0.1) is 0 Å². The van der Waals surface area contributed by atoms with Crippen LogP contribution in [-0.4, -0.2) is 21.2 Å². The minimum Gasteiger partial charge on any atom is -0.324 e. The minimum atomic E-state index is -2.61. The molecule has 0 aliphatic carbocycles. The van der Waals surface area contributed by atoms with Crippen molar-refractivity contribution in [2.45, 2.75) is 24.4 Å². The van der Waals surface area contributed by atoms with E-state index in [1.165, 1.54) is 4.57 Å². The first-order chi connectivity index (χ1) is 11.9. The average Bonchev–Trinajstić information content (AvgIpc) is 2.88. The molecular formula is C17H14BrF2N3OS. The van der Waals surface area contributed by atoms with Gasteiger partial charge in [-0.2, -0.15) is 8.78 Å². The fourth-order valence-electron chi connectivity index (χ4n) is 2.44. The molecule has 0 bridgehead atoms. The van der Waals surface area contributed by atoms with Gasteiger partial charge in [0.2, 0.25) is 5.91 Å². The molecule has 25 heavy (non-hydrogen) atoms. The molecule has 0 aliphatic heterocycles. The van der Waals surface area contributed by atoms with Gasteiger partial charge in [-0.3, -0.25) is 4.79 Å². The molecule has 0 spiro atoms. The van der Waals surface area contributed by atoms with Crippen LogP contribution in [0, 0.1) is 6.92 Å². The van der Waals surface area contributed by atoms with Crippen LogP contribution >= 0.6 is 27.7 Å². The summed E-state index contributed by atoms with van der Waals surface area (Å²) < 4.78 is 28.0. The lowest BCUT2D eigenvalue weighted by Gasteiger charge is -2.11. The Kier molecular flexibility index (Phi) is 5.39. The number of aryl methyl sites for hydroxylation is 1. The summed E-state index contributed by atoms with van der Waals surface area (Å²) >= 11 is 3.70. The maximum absolute atomic E-state index is 12.8. The van der Waals surface area contributed by atoms with E-state index in [-0.39, 0.29) is 17.6 Å². The van der Waals surface area contributed by atoms with Crippen molar-refractivity contribution in [3.8, 4) is 0 Å². The number of nitrogens with one attached hydrogen (secondary N) is 1. The van der Waals surface area contributed by atoms with Crippen molar-refractivity contribution in [2.24, 2.45) is 0 Å². The molecule has 1 heterocycles. The molecule has 3 rings (SSSR count). The van der Waals surface area contributed by atoms with Crippen LogP contribution in [0.1, 0.15) is 5.56 Å². The third-order valence-electron chi connectivity index (χ3n) is 3.59. The second-order valence-corrected chi connectivity index (χ2v) is 7.23. The summed E-state index contributed by atoms with van der Waals surface area (Å²) in [4.78, 5) is 16.7. The highest BCUT2D eigenvalue weighted by molar-refractivity contribution is 9.10. The largest absolute Gasteiger partial charge is 0.324 e. The number of thioether (sulfide) groups is 1. The second kappa shape index (κ2) is 7.53. The maximum atomic E-state index is 12.8. The number of benzene rings is 2. The van der Waals surface area contributed by atoms with Crippen molar-refractivity contribution in [3.63, 3.8) is 0 Å². The van der Waals surface area contributed by atoms with Gasteiger partial charge >= 0.3 is 0 Å². The number of nitrogens with zero attached hydrogens (tertiary/aromatic N) is 2. The van der Waals surface area contributed by atoms with Crippen LogP contribution in [-0.2, 0) is 11.3 Å². The zero-order chi connectivity index (χ0) is 18.0. The quantitative estimate of drug-likeness (QED) is 0.581. The molecule has 0 aliphatic rings. The first kappa shape index (κ1) is 17.9. The summed E-state index contributed by atoms with van der Waals surface area (Å²) in [7, 11) is 0. The van der Waals surface area contributed by atoms with Gasteiger partial charge in [-0.25, -0.2) is 4.98 Å². The molecule has 0 atom stereocenters. The number of alkyl halides is 2. The smallest absolute Gasteiger partial charge is 0.291 e. The van der Waals surface area contributed by atoms with Crippen molar-refractivity contribution in [1.29, 1.82) is 0 Å². The molecule has 3 aromatic rings. The lowest BCUT2D eigenvalue weighted by atomic mass is 10.2. The SMILES string of the molecule is Cc1ccc(Br)cc1NC(=O)Cn1c(SC(F)F)nc2ccccc21. The Morgan fingerprint density at radius 3 is 2.84 bits per heavy atom. The van der Waals surface area contributed by atoms with Gasteiger partial charge in [0.05, 0.1) is 11.0 Å². The molecule has 1 aromatic heterocycles. The summed E-state index contributed by atoms with van der Waals surface area (Å²) in [6.45, 7) is 1.79. The van der Waals surface area contributed by atoms with Crippen LogP contribution in [0.2, 0.25) is 0 Å². The van der Waals surface area contributed by atoms with E-state index in [1.807, 2.05) is 19.1 Å². The van der Waals surface area contributed by atoms with Crippen LogP contribution in [0.3, 0.4) is 0 Å². The van der Waals surface area contributed by atoms with Crippen LogP contribution in [0.5, 0.6) is 0 Å². The highest BCUT2D eigenvalue weighted by Crippen LogP contribution is 2.28. The molecule has 0 unspecified atom stereocenters. The van der Waals surface area contributed by atoms with Crippen LogP contribution < -0.4 is 5.32 Å². The number of amides is 1. The number of halogens is 3. The maximum Gasteiger partial charge on any atom is 0.291 e. The van der Waals surface area contributed by atoms with E-state index < -0.39 is 5.76 Å². The predicted octanol–water partition coefficient (Wildman–Crippen LogP) is 5.06. The number of carbonyl (C=O) groups excluding carboxylic acids is 1. The molecule has 1 N–H and O–H groups in total. The first-order valence-corrected chi connectivity index (χ1v) is 9.07. The topological polar surface area (TPSA) is 46.9 Å². The van der Waals surface area contributed by atoms with Gasteiger partial charge in [-0.1, -0.05) is 34.1 Å². The Balaban J connectivity index is 1.88. The fraction of sp³-hybridized carbons (Fsp3) is 0.176. The number of aromatic nitrogens is 2. The predicted molar refractivity (Wildman–Crippen MR) is 99.1 cm³/mol. The molecule has 0 saturated heterocycles. The Morgan fingerprint density at radius 1 is 1.32 bits per heavy atom. The lowest BCUT2D eigenvalue weighted by Crippen LogP contribution is -2.20. The standard InChI is InChI=1S/C17H14BrF2N3OS/c1-10-6-7-11(18)8-13(10)21-15(24)9-23-14-5-3-2-4-12(14)22-17(23)25-16(19)20/h2-8,16H,9H2,1H3,(H,21,24). The van der Waals surface area contributed by atoms with Gasteiger partial charge in [0.1, 0.15) is 6.54 Å². The van der Waals surface area contributed by atoms with Crippen molar-refractivity contribution < 1.29 is 13.6 Å². The molecule has 130 valence electrons. The molecule has 8 heteroatoms. The summed E-state index contributed by atoms with van der Waals surface area (Å²) in [5.74, 6) is -2.91. The summed E-state index contributed by atoms with van der Waals surface area (Å²) in [6.07, 6.45) is 0. The zero-order valence-electron chi connectivity index (χ0n) is 13.2. The number of rotatable bonds is 5. The van der Waals surface area contributed by atoms with Crippen molar-refractivity contribution in [1.82, 2.24) is 9.55 Å². The number of anilines is 1. The number of hydrogen-bond donors (Lipinski definition) is 1. The first-order valence-electron chi connectivity index (χ1n) is 7.40. The third-order valence-corrected chi connectivity index (χ3v) is 4.78. The normalized spacial score (nSPS) is 11.2. The summed E-state index contributed by atoms with van der Waals surface area (Å²) in [6, 6.07) is 12.6. The number of para-hydroxylation sites is 2. The van der Waals surface area contributed by atoms with Gasteiger partial charge in [0.15, 0.2) is 5.16 Å². The highest BCUT2D eigenvalue weighted by atomic mass is 79.9. The molecule has 2 aromatic carbocycles. The number of fused-ring (bicyclic) bond motifs is 1.